The lowest BCUT2D eigenvalue weighted by Gasteiger charge is -1.99. The van der Waals surface area contributed by atoms with Gasteiger partial charge in [-0.1, -0.05) is 30.3 Å². The first-order chi connectivity index (χ1) is 10.2. The largest absolute Gasteiger partial charge is 0.467 e. The van der Waals surface area contributed by atoms with Gasteiger partial charge >= 0.3 is 0 Å². The van der Waals surface area contributed by atoms with Gasteiger partial charge in [0.05, 0.1) is 18.5 Å². The highest BCUT2D eigenvalue weighted by atomic mass is 16.3. The zero-order valence-corrected chi connectivity index (χ0v) is 11.6. The van der Waals surface area contributed by atoms with Crippen LogP contribution in [-0.2, 0) is 13.6 Å². The zero-order chi connectivity index (χ0) is 14.7. The Labute approximate surface area is 122 Å². The number of benzene rings is 1. The van der Waals surface area contributed by atoms with Gasteiger partial charge in [0.2, 0.25) is 0 Å². The van der Waals surface area contributed by atoms with Crippen molar-refractivity contribution in [1.29, 1.82) is 0 Å². The van der Waals surface area contributed by atoms with Crippen molar-refractivity contribution in [3.05, 3.63) is 66.2 Å². The van der Waals surface area contributed by atoms with Crippen molar-refractivity contribution >= 4 is 5.91 Å². The number of carbonyl (C=O) groups excluding carboxylic acids is 1. The van der Waals surface area contributed by atoms with E-state index in [0.717, 1.165) is 11.3 Å². The second-order valence-corrected chi connectivity index (χ2v) is 4.67. The lowest BCUT2D eigenvalue weighted by Crippen LogP contribution is -2.23. The Morgan fingerprint density at radius 2 is 2.05 bits per heavy atom. The maximum atomic E-state index is 12.1. The molecule has 0 aliphatic heterocycles. The number of hydrogen-bond acceptors (Lipinski definition) is 3. The van der Waals surface area contributed by atoms with Crippen LogP contribution >= 0.6 is 0 Å². The van der Waals surface area contributed by atoms with Gasteiger partial charge in [0.15, 0.2) is 5.69 Å². The van der Waals surface area contributed by atoms with Crippen LogP contribution in [0.15, 0.2) is 59.2 Å². The van der Waals surface area contributed by atoms with Crippen molar-refractivity contribution in [2.45, 2.75) is 6.54 Å². The average molecular weight is 281 g/mol. The van der Waals surface area contributed by atoms with Crippen LogP contribution in [0.5, 0.6) is 0 Å². The molecule has 106 valence electrons. The van der Waals surface area contributed by atoms with Gasteiger partial charge in [-0.25, -0.2) is 0 Å². The van der Waals surface area contributed by atoms with Crippen LogP contribution in [-0.4, -0.2) is 15.7 Å². The number of aromatic nitrogens is 2. The van der Waals surface area contributed by atoms with Crippen LogP contribution in [0.1, 0.15) is 16.2 Å². The van der Waals surface area contributed by atoms with Crippen LogP contribution in [0.4, 0.5) is 0 Å². The summed E-state index contributed by atoms with van der Waals surface area (Å²) < 4.78 is 6.88. The topological polar surface area (TPSA) is 60.1 Å². The lowest BCUT2D eigenvalue weighted by atomic mass is 10.1. The summed E-state index contributed by atoms with van der Waals surface area (Å²) in [5, 5.41) is 7.05. The molecule has 5 nitrogen and oxygen atoms in total. The van der Waals surface area contributed by atoms with E-state index in [2.05, 4.69) is 10.4 Å². The first kappa shape index (κ1) is 13.2. The third kappa shape index (κ3) is 2.86. The smallest absolute Gasteiger partial charge is 0.272 e. The van der Waals surface area contributed by atoms with Crippen LogP contribution in [0, 0.1) is 0 Å². The highest BCUT2D eigenvalue weighted by Gasteiger charge is 2.13. The van der Waals surface area contributed by atoms with Gasteiger partial charge in [0.1, 0.15) is 5.76 Å². The molecule has 1 N–H and O–H groups in total. The molecule has 5 heteroatoms. The van der Waals surface area contributed by atoms with Crippen molar-refractivity contribution in [3.63, 3.8) is 0 Å². The Balaban J connectivity index is 1.76. The fourth-order valence-electron chi connectivity index (χ4n) is 2.13. The molecule has 0 bridgehead atoms. The van der Waals surface area contributed by atoms with Gasteiger partial charge in [-0.2, -0.15) is 5.10 Å². The normalized spacial score (nSPS) is 10.5. The molecule has 0 aliphatic rings. The summed E-state index contributed by atoms with van der Waals surface area (Å²) >= 11 is 0. The van der Waals surface area contributed by atoms with E-state index in [-0.39, 0.29) is 5.91 Å². The molecule has 0 fully saturated rings. The van der Waals surface area contributed by atoms with E-state index in [1.54, 1.807) is 23.1 Å². The van der Waals surface area contributed by atoms with E-state index in [4.69, 9.17) is 4.42 Å². The molecule has 1 amide bonds. The van der Waals surface area contributed by atoms with Crippen LogP contribution in [0.2, 0.25) is 0 Å². The Kier molecular flexibility index (Phi) is 3.55. The van der Waals surface area contributed by atoms with E-state index in [9.17, 15) is 4.79 Å². The monoisotopic (exact) mass is 281 g/mol. The van der Waals surface area contributed by atoms with Crippen molar-refractivity contribution in [1.82, 2.24) is 15.1 Å². The molecule has 0 saturated heterocycles. The summed E-state index contributed by atoms with van der Waals surface area (Å²) in [7, 11) is 1.83. The van der Waals surface area contributed by atoms with Gasteiger partial charge < -0.3 is 9.73 Å². The first-order valence-electron chi connectivity index (χ1n) is 6.64. The predicted molar refractivity (Wildman–Crippen MR) is 78.5 cm³/mol. The van der Waals surface area contributed by atoms with Gasteiger partial charge in [-0.15, -0.1) is 0 Å². The maximum absolute atomic E-state index is 12.1. The summed E-state index contributed by atoms with van der Waals surface area (Å²) in [5.74, 6) is 0.492. The lowest BCUT2D eigenvalue weighted by molar-refractivity contribution is 0.0942. The van der Waals surface area contributed by atoms with E-state index >= 15 is 0 Å². The number of nitrogens with zero attached hydrogens (tertiary/aromatic N) is 2. The van der Waals surface area contributed by atoms with E-state index in [1.165, 1.54) is 0 Å². The molecule has 21 heavy (non-hydrogen) atoms. The molecule has 3 aromatic rings. The van der Waals surface area contributed by atoms with Gasteiger partial charge in [0.25, 0.3) is 5.91 Å². The minimum atomic E-state index is -0.218. The number of furan rings is 1. The molecule has 1 aromatic carbocycles. The molecule has 0 radical (unpaired) electrons. The average Bonchev–Trinajstić information content (AvgIpc) is 3.15. The Bertz CT molecular complexity index is 730. The van der Waals surface area contributed by atoms with E-state index in [0.29, 0.717) is 18.0 Å². The molecule has 0 atom stereocenters. The van der Waals surface area contributed by atoms with Gasteiger partial charge in [0, 0.05) is 7.05 Å². The number of hydrogen-bond donors (Lipinski definition) is 1. The zero-order valence-electron chi connectivity index (χ0n) is 11.6. The highest BCUT2D eigenvalue weighted by molar-refractivity contribution is 5.93. The quantitative estimate of drug-likeness (QED) is 0.799. The first-order valence-corrected chi connectivity index (χ1v) is 6.64. The van der Waals surface area contributed by atoms with Crippen LogP contribution in [0.25, 0.3) is 11.3 Å². The van der Waals surface area contributed by atoms with Gasteiger partial charge in [-0.05, 0) is 23.8 Å². The summed E-state index contributed by atoms with van der Waals surface area (Å²) in [6.45, 7) is 0.350. The fourth-order valence-corrected chi connectivity index (χ4v) is 2.13. The maximum Gasteiger partial charge on any atom is 0.272 e. The summed E-state index contributed by atoms with van der Waals surface area (Å²) in [6, 6.07) is 15.2. The Hall–Kier alpha value is -2.82. The number of carbonyl (C=O) groups is 1. The molecule has 0 spiro atoms. The molecule has 2 heterocycles. The number of aryl methyl sites for hydroxylation is 1. The minimum absolute atomic E-state index is 0.218. The van der Waals surface area contributed by atoms with Crippen molar-refractivity contribution in [2.24, 2.45) is 7.05 Å². The summed E-state index contributed by atoms with van der Waals surface area (Å²) in [4.78, 5) is 12.1. The van der Waals surface area contributed by atoms with Crippen molar-refractivity contribution < 1.29 is 9.21 Å². The molecule has 0 saturated carbocycles. The minimum Gasteiger partial charge on any atom is -0.467 e. The second kappa shape index (κ2) is 5.66. The fraction of sp³-hybridized carbons (Fsp3) is 0.125. The second-order valence-electron chi connectivity index (χ2n) is 4.67. The van der Waals surface area contributed by atoms with Crippen LogP contribution < -0.4 is 5.32 Å². The summed E-state index contributed by atoms with van der Waals surface area (Å²) in [6.07, 6.45) is 1.58. The third-order valence-corrected chi connectivity index (χ3v) is 3.19. The molecule has 0 aliphatic carbocycles. The third-order valence-electron chi connectivity index (χ3n) is 3.19. The molecule has 2 aromatic heterocycles. The Morgan fingerprint density at radius 1 is 1.24 bits per heavy atom. The Morgan fingerprint density at radius 3 is 2.76 bits per heavy atom. The number of nitrogens with one attached hydrogen (secondary N) is 1. The van der Waals surface area contributed by atoms with Gasteiger partial charge in [-0.3, -0.25) is 9.48 Å². The van der Waals surface area contributed by atoms with E-state index in [1.807, 2.05) is 43.4 Å². The molecular formula is C16H15N3O2. The highest BCUT2D eigenvalue weighted by Crippen LogP contribution is 2.19. The molecule has 0 unspecified atom stereocenters. The SMILES string of the molecule is Cn1nc(C(=O)NCc2ccco2)cc1-c1ccccc1. The van der Waals surface area contributed by atoms with Crippen molar-refractivity contribution in [2.75, 3.05) is 0 Å². The standard InChI is InChI=1S/C16H15N3O2/c1-19-15(12-6-3-2-4-7-12)10-14(18-19)16(20)17-11-13-8-5-9-21-13/h2-10H,11H2,1H3,(H,17,20). The molecular weight excluding hydrogens is 266 g/mol. The predicted octanol–water partition coefficient (Wildman–Crippen LogP) is 2.61. The summed E-state index contributed by atoms with van der Waals surface area (Å²) in [5.41, 5.74) is 2.32. The van der Waals surface area contributed by atoms with Crippen LogP contribution in [0.3, 0.4) is 0 Å². The van der Waals surface area contributed by atoms with E-state index < -0.39 is 0 Å². The number of amides is 1. The molecule has 3 rings (SSSR count). The number of rotatable bonds is 4. The van der Waals surface area contributed by atoms with Crippen molar-refractivity contribution in [3.8, 4) is 11.3 Å².